The predicted molar refractivity (Wildman–Crippen MR) is 96.1 cm³/mol. The molecular weight excluding hydrogens is 336 g/mol. The maximum absolute atomic E-state index is 12.1. The molecule has 0 saturated heterocycles. The first-order chi connectivity index (χ1) is 12.4. The number of ether oxygens (including phenoxy) is 1. The van der Waals surface area contributed by atoms with Gasteiger partial charge >= 0.3 is 5.97 Å². The number of aldehydes is 1. The molecule has 0 saturated carbocycles. The Labute approximate surface area is 150 Å². The van der Waals surface area contributed by atoms with Crippen LogP contribution in [0.5, 0.6) is 0 Å². The predicted octanol–water partition coefficient (Wildman–Crippen LogP) is 2.64. The minimum absolute atomic E-state index is 0.191. The lowest BCUT2D eigenvalue weighted by molar-refractivity contribution is -0.123. The number of carbonyl (C=O) groups excluding carboxylic acids is 4. The first-order valence-electron chi connectivity index (χ1n) is 7.84. The molecule has 0 aliphatic rings. The fourth-order valence-electron chi connectivity index (χ4n) is 2.06. The average Bonchev–Trinajstić information content (AvgIpc) is 2.62. The van der Waals surface area contributed by atoms with Gasteiger partial charge in [-0.25, -0.2) is 4.79 Å². The summed E-state index contributed by atoms with van der Waals surface area (Å²) in [4.78, 5) is 45.8. The van der Waals surface area contributed by atoms with E-state index >= 15 is 0 Å². The van der Waals surface area contributed by atoms with Gasteiger partial charge in [0.05, 0.1) is 5.56 Å². The van der Waals surface area contributed by atoms with Crippen molar-refractivity contribution < 1.29 is 23.9 Å². The van der Waals surface area contributed by atoms with Crippen molar-refractivity contribution in [2.75, 3.05) is 10.6 Å². The van der Waals surface area contributed by atoms with E-state index in [2.05, 4.69) is 10.6 Å². The van der Waals surface area contributed by atoms with Gasteiger partial charge in [-0.1, -0.05) is 12.1 Å². The number of anilines is 2. The van der Waals surface area contributed by atoms with Crippen molar-refractivity contribution in [3.8, 4) is 0 Å². The van der Waals surface area contributed by atoms with Gasteiger partial charge in [0.1, 0.15) is 6.29 Å². The monoisotopic (exact) mass is 354 g/mol. The summed E-state index contributed by atoms with van der Waals surface area (Å²) in [6.45, 7) is 2.86. The van der Waals surface area contributed by atoms with E-state index in [1.165, 1.54) is 38.1 Å². The van der Waals surface area contributed by atoms with Gasteiger partial charge in [-0.05, 0) is 43.3 Å². The SMILES string of the molecule is CC(=O)Nc1ccc(NC(=O)[C@@H](C)OC(=O)c2ccc(C=O)cc2)cc1. The second kappa shape index (κ2) is 8.57. The molecular formula is C19H18N2O5. The topological polar surface area (TPSA) is 102 Å². The highest BCUT2D eigenvalue weighted by Crippen LogP contribution is 2.14. The van der Waals surface area contributed by atoms with E-state index in [0.717, 1.165) is 0 Å². The summed E-state index contributed by atoms with van der Waals surface area (Å²) in [6.07, 6.45) is -0.342. The number of hydrogen-bond donors (Lipinski definition) is 2. The Balaban J connectivity index is 1.92. The maximum Gasteiger partial charge on any atom is 0.338 e. The van der Waals surface area contributed by atoms with Crippen LogP contribution in [0.2, 0.25) is 0 Å². The molecule has 0 aliphatic carbocycles. The fraction of sp³-hybridized carbons (Fsp3) is 0.158. The van der Waals surface area contributed by atoms with Gasteiger partial charge < -0.3 is 15.4 Å². The van der Waals surface area contributed by atoms with Crippen LogP contribution in [0.4, 0.5) is 11.4 Å². The molecule has 2 aromatic rings. The lowest BCUT2D eigenvalue weighted by atomic mass is 10.1. The molecule has 0 aliphatic heterocycles. The molecule has 0 heterocycles. The Morgan fingerprint density at radius 2 is 1.46 bits per heavy atom. The molecule has 0 aromatic heterocycles. The lowest BCUT2D eigenvalue weighted by Gasteiger charge is -2.14. The molecule has 1 atom stereocenters. The van der Waals surface area contributed by atoms with Gasteiger partial charge in [-0.3, -0.25) is 14.4 Å². The molecule has 26 heavy (non-hydrogen) atoms. The highest BCUT2D eigenvalue weighted by molar-refractivity contribution is 5.97. The van der Waals surface area contributed by atoms with Gasteiger partial charge in [0.25, 0.3) is 5.91 Å². The quantitative estimate of drug-likeness (QED) is 0.613. The van der Waals surface area contributed by atoms with Crippen LogP contribution in [-0.4, -0.2) is 30.2 Å². The van der Waals surface area contributed by atoms with E-state index in [1.54, 1.807) is 24.3 Å². The Morgan fingerprint density at radius 1 is 0.923 bits per heavy atom. The number of amides is 2. The van der Waals surface area contributed by atoms with Crippen molar-refractivity contribution in [2.45, 2.75) is 20.0 Å². The summed E-state index contributed by atoms with van der Waals surface area (Å²) < 4.78 is 5.12. The van der Waals surface area contributed by atoms with Crippen molar-refractivity contribution in [3.63, 3.8) is 0 Å². The minimum Gasteiger partial charge on any atom is -0.449 e. The van der Waals surface area contributed by atoms with E-state index in [1.807, 2.05) is 0 Å². The Bertz CT molecular complexity index is 813. The summed E-state index contributed by atoms with van der Waals surface area (Å²) in [7, 11) is 0. The van der Waals surface area contributed by atoms with Crippen molar-refractivity contribution in [2.24, 2.45) is 0 Å². The van der Waals surface area contributed by atoms with Crippen LogP contribution >= 0.6 is 0 Å². The summed E-state index contributed by atoms with van der Waals surface area (Å²) in [5.41, 5.74) is 1.79. The number of nitrogens with one attached hydrogen (secondary N) is 2. The fourth-order valence-corrected chi connectivity index (χ4v) is 2.06. The minimum atomic E-state index is -1.01. The van der Waals surface area contributed by atoms with E-state index in [4.69, 9.17) is 4.74 Å². The Morgan fingerprint density at radius 3 is 1.96 bits per heavy atom. The van der Waals surface area contributed by atoms with Gasteiger partial charge in [-0.15, -0.1) is 0 Å². The van der Waals surface area contributed by atoms with Gasteiger partial charge in [0, 0.05) is 23.9 Å². The number of esters is 1. The van der Waals surface area contributed by atoms with E-state index in [9.17, 15) is 19.2 Å². The third-order valence-corrected chi connectivity index (χ3v) is 3.41. The molecule has 7 heteroatoms. The molecule has 0 unspecified atom stereocenters. The highest BCUT2D eigenvalue weighted by atomic mass is 16.5. The zero-order chi connectivity index (χ0) is 19.1. The van der Waals surface area contributed by atoms with Crippen molar-refractivity contribution in [1.82, 2.24) is 0 Å². The van der Waals surface area contributed by atoms with Crippen LogP contribution in [0.25, 0.3) is 0 Å². The van der Waals surface area contributed by atoms with Crippen LogP contribution in [0.1, 0.15) is 34.6 Å². The first kappa shape index (κ1) is 18.9. The number of benzene rings is 2. The van der Waals surface area contributed by atoms with Gasteiger partial charge in [0.2, 0.25) is 5.91 Å². The Kier molecular flexibility index (Phi) is 6.21. The van der Waals surface area contributed by atoms with Crippen molar-refractivity contribution in [3.05, 3.63) is 59.7 Å². The second-order valence-corrected chi connectivity index (χ2v) is 5.54. The van der Waals surface area contributed by atoms with Crippen molar-refractivity contribution in [1.29, 1.82) is 0 Å². The highest BCUT2D eigenvalue weighted by Gasteiger charge is 2.19. The third kappa shape index (κ3) is 5.27. The molecule has 7 nitrogen and oxygen atoms in total. The summed E-state index contributed by atoms with van der Waals surface area (Å²) in [5.74, 6) is -1.34. The molecule has 2 aromatic carbocycles. The number of hydrogen-bond acceptors (Lipinski definition) is 5. The molecule has 0 radical (unpaired) electrons. The first-order valence-corrected chi connectivity index (χ1v) is 7.84. The van der Waals surface area contributed by atoms with Gasteiger partial charge in [0.15, 0.2) is 6.10 Å². The van der Waals surface area contributed by atoms with Crippen LogP contribution in [0, 0.1) is 0 Å². The third-order valence-electron chi connectivity index (χ3n) is 3.41. The van der Waals surface area contributed by atoms with Crippen LogP contribution in [-0.2, 0) is 14.3 Å². The van der Waals surface area contributed by atoms with Crippen LogP contribution in [0.15, 0.2) is 48.5 Å². The Hall–Kier alpha value is -3.48. The standard InChI is InChI=1S/C19H18N2O5/c1-12(26-19(25)15-5-3-14(11-22)4-6-15)18(24)21-17-9-7-16(8-10-17)20-13(2)23/h3-12H,1-2H3,(H,20,23)(H,21,24)/t12-/m1/s1. The molecule has 2 amide bonds. The second-order valence-electron chi connectivity index (χ2n) is 5.54. The van der Waals surface area contributed by atoms with Gasteiger partial charge in [-0.2, -0.15) is 0 Å². The zero-order valence-electron chi connectivity index (χ0n) is 14.3. The summed E-state index contributed by atoms with van der Waals surface area (Å²) in [5, 5.41) is 5.24. The number of carbonyl (C=O) groups is 4. The lowest BCUT2D eigenvalue weighted by Crippen LogP contribution is -2.30. The molecule has 0 fully saturated rings. The largest absolute Gasteiger partial charge is 0.449 e. The molecule has 2 rings (SSSR count). The molecule has 2 N–H and O–H groups in total. The normalized spacial score (nSPS) is 11.2. The smallest absolute Gasteiger partial charge is 0.338 e. The number of rotatable bonds is 6. The van der Waals surface area contributed by atoms with E-state index in [-0.39, 0.29) is 11.5 Å². The molecule has 0 spiro atoms. The molecule has 0 bridgehead atoms. The van der Waals surface area contributed by atoms with E-state index in [0.29, 0.717) is 23.2 Å². The van der Waals surface area contributed by atoms with Crippen LogP contribution in [0.3, 0.4) is 0 Å². The zero-order valence-corrected chi connectivity index (χ0v) is 14.3. The van der Waals surface area contributed by atoms with Crippen LogP contribution < -0.4 is 10.6 Å². The summed E-state index contributed by atoms with van der Waals surface area (Å²) in [6, 6.07) is 12.4. The summed E-state index contributed by atoms with van der Waals surface area (Å²) >= 11 is 0. The maximum atomic E-state index is 12.1. The van der Waals surface area contributed by atoms with E-state index < -0.39 is 18.0 Å². The average molecular weight is 354 g/mol. The van der Waals surface area contributed by atoms with Crippen molar-refractivity contribution >= 4 is 35.4 Å². The molecule has 134 valence electrons.